The van der Waals surface area contributed by atoms with Gasteiger partial charge in [-0.3, -0.25) is 14.6 Å². The van der Waals surface area contributed by atoms with Crippen LogP contribution in [0.3, 0.4) is 0 Å². The summed E-state index contributed by atoms with van der Waals surface area (Å²) < 4.78 is 0. The third-order valence-electron chi connectivity index (χ3n) is 11.5. The van der Waals surface area contributed by atoms with Crippen molar-refractivity contribution in [3.05, 3.63) is 107 Å². The predicted octanol–water partition coefficient (Wildman–Crippen LogP) is 6.23. The average Bonchev–Trinajstić information content (AvgIpc) is 3.33. The molecule has 47 heavy (non-hydrogen) atoms. The molecular formula is C41H52N2O4. The van der Waals surface area contributed by atoms with Gasteiger partial charge in [-0.05, 0) is 86.1 Å². The summed E-state index contributed by atoms with van der Waals surface area (Å²) in [7, 11) is 0. The molecule has 4 aliphatic rings. The van der Waals surface area contributed by atoms with E-state index in [0.717, 1.165) is 74.1 Å². The Morgan fingerprint density at radius 3 is 2.32 bits per heavy atom. The summed E-state index contributed by atoms with van der Waals surface area (Å²) in [6.07, 6.45) is 7.03. The number of piperazine rings is 1. The Morgan fingerprint density at radius 1 is 0.894 bits per heavy atom. The van der Waals surface area contributed by atoms with E-state index < -0.39 is 17.1 Å². The normalized spacial score (nSPS) is 27.6. The first kappa shape index (κ1) is 33.8. The molecule has 1 saturated heterocycles. The highest BCUT2D eigenvalue weighted by Crippen LogP contribution is 2.59. The highest BCUT2D eigenvalue weighted by Gasteiger charge is 2.57. The first-order valence-electron chi connectivity index (χ1n) is 17.6. The zero-order valence-electron chi connectivity index (χ0n) is 28.2. The molecular weight excluding hydrogens is 584 g/mol. The minimum Gasteiger partial charge on any atom is -0.395 e. The highest BCUT2D eigenvalue weighted by atomic mass is 16.3. The van der Waals surface area contributed by atoms with Crippen LogP contribution in [0.1, 0.15) is 85.3 Å². The Bertz CT molecular complexity index is 1550. The molecule has 2 fully saturated rings. The number of fused-ring (bicyclic) bond motifs is 8. The standard InChI is InChI=1S/C41H52N2O4/c1-30-7-6-19-40(2)38(18-20-41(40,47)29-43-23-21-42(22-24-43)25-26-44)36-17-11-31(27-35(45)16-10-30)28-37(36)39(46)34-14-12-33(13-15-34)32-8-4-3-5-9-32/h3-5,7-9,11-15,17,28,35,38,44-45,47H,6,10,16,18-27,29H2,1-2H3. The van der Waals surface area contributed by atoms with Crippen LogP contribution >= 0.6 is 0 Å². The summed E-state index contributed by atoms with van der Waals surface area (Å²) in [6, 6.07) is 24.4. The lowest BCUT2D eigenvalue weighted by Gasteiger charge is -2.47. The van der Waals surface area contributed by atoms with Crippen molar-refractivity contribution in [1.29, 1.82) is 0 Å². The second kappa shape index (κ2) is 14.6. The van der Waals surface area contributed by atoms with E-state index in [4.69, 9.17) is 0 Å². The fraction of sp³-hybridized carbons (Fsp3) is 0.488. The second-order valence-corrected chi connectivity index (χ2v) is 14.6. The van der Waals surface area contributed by atoms with Crippen LogP contribution < -0.4 is 0 Å². The number of hydrogen-bond donors (Lipinski definition) is 3. The van der Waals surface area contributed by atoms with E-state index >= 15 is 0 Å². The molecule has 2 bridgehead atoms. The summed E-state index contributed by atoms with van der Waals surface area (Å²) in [5.41, 5.74) is 5.47. The number of carbonyl (C=O) groups is 1. The van der Waals surface area contributed by atoms with Gasteiger partial charge in [-0.2, -0.15) is 0 Å². The Morgan fingerprint density at radius 2 is 1.60 bits per heavy atom. The van der Waals surface area contributed by atoms with E-state index in [-0.39, 0.29) is 18.3 Å². The maximum Gasteiger partial charge on any atom is 0.193 e. The van der Waals surface area contributed by atoms with Gasteiger partial charge in [0, 0.05) is 55.8 Å². The molecule has 0 amide bonds. The van der Waals surface area contributed by atoms with Crippen LogP contribution in [-0.4, -0.2) is 88.5 Å². The van der Waals surface area contributed by atoms with Crippen LogP contribution in [0.15, 0.2) is 84.4 Å². The van der Waals surface area contributed by atoms with Crippen molar-refractivity contribution in [2.75, 3.05) is 45.9 Å². The van der Waals surface area contributed by atoms with E-state index in [1.807, 2.05) is 48.5 Å². The minimum absolute atomic E-state index is 0.00317. The van der Waals surface area contributed by atoms with Crippen LogP contribution in [0.4, 0.5) is 0 Å². The van der Waals surface area contributed by atoms with Crippen LogP contribution in [0.25, 0.3) is 11.1 Å². The van der Waals surface area contributed by atoms with Gasteiger partial charge in [0.15, 0.2) is 5.78 Å². The van der Waals surface area contributed by atoms with E-state index in [1.165, 1.54) is 5.57 Å². The Labute approximate surface area is 280 Å². The zero-order valence-corrected chi connectivity index (χ0v) is 28.2. The molecule has 6 nitrogen and oxygen atoms in total. The van der Waals surface area contributed by atoms with Gasteiger partial charge in [-0.1, -0.05) is 85.3 Å². The largest absolute Gasteiger partial charge is 0.395 e. The zero-order chi connectivity index (χ0) is 33.0. The first-order valence-corrected chi connectivity index (χ1v) is 17.6. The van der Waals surface area contributed by atoms with Gasteiger partial charge in [0.25, 0.3) is 0 Å². The van der Waals surface area contributed by atoms with Gasteiger partial charge in [0.05, 0.1) is 18.3 Å². The molecule has 250 valence electrons. The van der Waals surface area contributed by atoms with E-state index in [9.17, 15) is 20.1 Å². The van der Waals surface area contributed by atoms with Crippen LogP contribution in [0.2, 0.25) is 0 Å². The number of allylic oxidation sites excluding steroid dienone is 2. The fourth-order valence-corrected chi connectivity index (χ4v) is 8.48. The van der Waals surface area contributed by atoms with Crippen LogP contribution in [0.5, 0.6) is 0 Å². The van der Waals surface area contributed by atoms with E-state index in [0.29, 0.717) is 43.5 Å². The van der Waals surface area contributed by atoms with Crippen LogP contribution in [-0.2, 0) is 6.42 Å². The summed E-state index contributed by atoms with van der Waals surface area (Å²) in [5.74, 6) is 0.0120. The quantitative estimate of drug-likeness (QED) is 0.211. The van der Waals surface area contributed by atoms with E-state index in [1.54, 1.807) is 0 Å². The van der Waals surface area contributed by atoms with Crippen molar-refractivity contribution >= 4 is 5.78 Å². The summed E-state index contributed by atoms with van der Waals surface area (Å²) in [6.45, 7) is 9.45. The number of ketones is 1. The number of nitrogens with zero attached hydrogens (tertiary/aromatic N) is 2. The maximum absolute atomic E-state index is 14.5. The van der Waals surface area contributed by atoms with Crippen molar-refractivity contribution in [2.24, 2.45) is 5.41 Å². The monoisotopic (exact) mass is 636 g/mol. The molecule has 3 aromatic rings. The van der Waals surface area contributed by atoms with Gasteiger partial charge in [0.2, 0.25) is 0 Å². The summed E-state index contributed by atoms with van der Waals surface area (Å²) in [5, 5.41) is 33.0. The second-order valence-electron chi connectivity index (χ2n) is 14.6. The topological polar surface area (TPSA) is 84.2 Å². The molecule has 4 atom stereocenters. The molecule has 6 heteroatoms. The fourth-order valence-electron chi connectivity index (χ4n) is 8.48. The Balaban J connectivity index is 1.36. The number of β-amino-alcohol motifs (C(OH)–C–C–N with tert-alkyl or cyclic N) is 2. The number of hydrogen-bond acceptors (Lipinski definition) is 6. The van der Waals surface area contributed by atoms with E-state index in [2.05, 4.69) is 54.0 Å². The summed E-state index contributed by atoms with van der Waals surface area (Å²) in [4.78, 5) is 19.1. The van der Waals surface area contributed by atoms with Gasteiger partial charge in [0.1, 0.15) is 0 Å². The van der Waals surface area contributed by atoms with Crippen LogP contribution in [0, 0.1) is 5.41 Å². The third-order valence-corrected chi connectivity index (χ3v) is 11.5. The van der Waals surface area contributed by atoms with Crippen molar-refractivity contribution in [2.45, 2.75) is 76.4 Å². The Kier molecular flexibility index (Phi) is 10.5. The first-order chi connectivity index (χ1) is 22.7. The lowest BCUT2D eigenvalue weighted by molar-refractivity contribution is -0.0888. The molecule has 3 aliphatic carbocycles. The van der Waals surface area contributed by atoms with Gasteiger partial charge in [-0.25, -0.2) is 0 Å². The molecule has 3 aromatic carbocycles. The summed E-state index contributed by atoms with van der Waals surface area (Å²) >= 11 is 0. The predicted molar refractivity (Wildman–Crippen MR) is 189 cm³/mol. The number of benzene rings is 3. The lowest BCUT2D eigenvalue weighted by atomic mass is 9.64. The van der Waals surface area contributed by atoms with Gasteiger partial charge >= 0.3 is 0 Å². The average molecular weight is 637 g/mol. The molecule has 0 radical (unpaired) electrons. The minimum atomic E-state index is -0.901. The third kappa shape index (κ3) is 7.33. The van der Waals surface area contributed by atoms with Crippen molar-refractivity contribution < 1.29 is 20.1 Å². The van der Waals surface area contributed by atoms with Crippen molar-refractivity contribution in [3.63, 3.8) is 0 Å². The lowest BCUT2D eigenvalue weighted by Crippen LogP contribution is -2.56. The maximum atomic E-state index is 14.5. The number of carbonyl (C=O) groups excluding carboxylic acids is 1. The molecule has 0 aromatic heterocycles. The SMILES string of the molecule is CC1=CCCC2(C)C(CCC2(O)CN2CCN(CCO)CC2)c2ccc(cc2C(=O)c2ccc(-c3ccccc3)cc2)CC(O)CC1. The molecule has 1 heterocycles. The van der Waals surface area contributed by atoms with Gasteiger partial charge in [-0.15, -0.1) is 0 Å². The smallest absolute Gasteiger partial charge is 0.193 e. The molecule has 4 unspecified atom stereocenters. The number of aliphatic hydroxyl groups excluding tert-OH is 2. The molecule has 0 spiro atoms. The molecule has 1 aliphatic heterocycles. The van der Waals surface area contributed by atoms with Gasteiger partial charge < -0.3 is 15.3 Å². The molecule has 3 N–H and O–H groups in total. The number of aliphatic hydroxyl groups is 3. The Hall–Kier alpha value is -3.13. The highest BCUT2D eigenvalue weighted by molar-refractivity contribution is 6.10. The molecule has 7 rings (SSSR count). The van der Waals surface area contributed by atoms with Crippen molar-refractivity contribution in [1.82, 2.24) is 9.80 Å². The van der Waals surface area contributed by atoms with Crippen molar-refractivity contribution in [3.8, 4) is 11.1 Å². The number of rotatable bonds is 7. The molecule has 1 saturated carbocycles.